The van der Waals surface area contributed by atoms with Crippen molar-refractivity contribution in [3.8, 4) is 0 Å². The van der Waals surface area contributed by atoms with Crippen molar-refractivity contribution < 1.29 is 9.59 Å². The zero-order chi connectivity index (χ0) is 13.7. The van der Waals surface area contributed by atoms with Gasteiger partial charge in [-0.15, -0.1) is 0 Å². The zero-order valence-corrected chi connectivity index (χ0v) is 11.1. The maximum Gasteiger partial charge on any atom is 0.240 e. The van der Waals surface area contributed by atoms with Gasteiger partial charge in [0.25, 0.3) is 0 Å². The molecule has 0 radical (unpaired) electrons. The normalized spacial score (nSPS) is 12.2. The number of benzene rings is 1. The number of rotatable bonds is 5. The third kappa shape index (κ3) is 3.58. The van der Waals surface area contributed by atoms with Gasteiger partial charge in [0, 0.05) is 19.4 Å². The maximum atomic E-state index is 11.9. The number of hydrogen-bond donors (Lipinski definition) is 1. The summed E-state index contributed by atoms with van der Waals surface area (Å²) in [7, 11) is 1.63. The van der Waals surface area contributed by atoms with Crippen molar-refractivity contribution in [3.63, 3.8) is 0 Å². The van der Waals surface area contributed by atoms with E-state index in [4.69, 9.17) is 5.73 Å². The van der Waals surface area contributed by atoms with E-state index in [-0.39, 0.29) is 11.8 Å². The van der Waals surface area contributed by atoms with Crippen LogP contribution in [-0.4, -0.2) is 29.8 Å². The SMILES string of the molecule is CC(C)C(=O)N(C)[C@@H](Cc1ccccc1)C(N)=O. The number of amides is 2. The molecule has 1 aromatic rings. The number of carbonyl (C=O) groups excluding carboxylic acids is 2. The summed E-state index contributed by atoms with van der Waals surface area (Å²) in [5.41, 5.74) is 6.38. The van der Waals surface area contributed by atoms with E-state index in [9.17, 15) is 9.59 Å². The van der Waals surface area contributed by atoms with Crippen LogP contribution in [0.5, 0.6) is 0 Å². The molecule has 0 aliphatic carbocycles. The van der Waals surface area contributed by atoms with E-state index >= 15 is 0 Å². The van der Waals surface area contributed by atoms with Gasteiger partial charge in [0.15, 0.2) is 0 Å². The molecule has 4 heteroatoms. The Hall–Kier alpha value is -1.84. The second kappa shape index (κ2) is 6.19. The summed E-state index contributed by atoms with van der Waals surface area (Å²) in [5, 5.41) is 0. The van der Waals surface area contributed by atoms with Crippen LogP contribution in [0, 0.1) is 5.92 Å². The molecule has 1 rings (SSSR count). The molecule has 0 saturated heterocycles. The lowest BCUT2D eigenvalue weighted by molar-refractivity contribution is -0.140. The van der Waals surface area contributed by atoms with Crippen molar-refractivity contribution >= 4 is 11.8 Å². The van der Waals surface area contributed by atoms with Gasteiger partial charge in [-0.1, -0.05) is 44.2 Å². The predicted molar refractivity (Wildman–Crippen MR) is 70.7 cm³/mol. The summed E-state index contributed by atoms with van der Waals surface area (Å²) in [4.78, 5) is 24.8. The topological polar surface area (TPSA) is 63.4 Å². The molecule has 0 spiro atoms. The highest BCUT2D eigenvalue weighted by Crippen LogP contribution is 2.10. The lowest BCUT2D eigenvalue weighted by Crippen LogP contribution is -2.48. The summed E-state index contributed by atoms with van der Waals surface area (Å²) >= 11 is 0. The van der Waals surface area contributed by atoms with E-state index in [1.165, 1.54) is 4.90 Å². The molecule has 0 aliphatic heterocycles. The highest BCUT2D eigenvalue weighted by atomic mass is 16.2. The second-order valence-electron chi connectivity index (χ2n) is 4.71. The third-order valence-corrected chi connectivity index (χ3v) is 2.91. The van der Waals surface area contributed by atoms with Gasteiger partial charge in [0.1, 0.15) is 6.04 Å². The number of nitrogens with zero attached hydrogens (tertiary/aromatic N) is 1. The van der Waals surface area contributed by atoms with E-state index in [0.717, 1.165) is 5.56 Å². The average Bonchev–Trinajstić information content (AvgIpc) is 2.35. The molecule has 0 bridgehead atoms. The van der Waals surface area contributed by atoms with Gasteiger partial charge in [-0.3, -0.25) is 9.59 Å². The summed E-state index contributed by atoms with van der Waals surface area (Å²) < 4.78 is 0. The minimum Gasteiger partial charge on any atom is -0.368 e. The smallest absolute Gasteiger partial charge is 0.240 e. The summed E-state index contributed by atoms with van der Waals surface area (Å²) in [6.07, 6.45) is 0.450. The fraction of sp³-hybridized carbons (Fsp3) is 0.429. The molecule has 0 aliphatic rings. The molecular weight excluding hydrogens is 228 g/mol. The Morgan fingerprint density at radius 2 is 1.78 bits per heavy atom. The van der Waals surface area contributed by atoms with Gasteiger partial charge in [-0.2, -0.15) is 0 Å². The van der Waals surface area contributed by atoms with Crippen LogP contribution < -0.4 is 5.73 Å². The van der Waals surface area contributed by atoms with Crippen LogP contribution in [-0.2, 0) is 16.0 Å². The predicted octanol–water partition coefficient (Wildman–Crippen LogP) is 1.20. The fourth-order valence-corrected chi connectivity index (χ4v) is 1.83. The molecule has 0 heterocycles. The molecule has 1 atom stereocenters. The molecule has 2 amide bonds. The highest BCUT2D eigenvalue weighted by molar-refractivity contribution is 5.87. The Labute approximate surface area is 108 Å². The molecule has 98 valence electrons. The Kier molecular flexibility index (Phi) is 4.89. The molecule has 1 aromatic carbocycles. The van der Waals surface area contributed by atoms with E-state index in [2.05, 4.69) is 0 Å². The minimum atomic E-state index is -0.595. The largest absolute Gasteiger partial charge is 0.368 e. The van der Waals surface area contributed by atoms with Crippen LogP contribution in [0.15, 0.2) is 30.3 Å². The number of carbonyl (C=O) groups is 2. The molecule has 0 aromatic heterocycles. The summed E-state index contributed by atoms with van der Waals surface area (Å²) in [5.74, 6) is -0.697. The van der Waals surface area contributed by atoms with Crippen molar-refractivity contribution in [1.82, 2.24) is 4.90 Å². The van der Waals surface area contributed by atoms with E-state index < -0.39 is 11.9 Å². The first kappa shape index (κ1) is 14.2. The van der Waals surface area contributed by atoms with Gasteiger partial charge in [-0.25, -0.2) is 0 Å². The van der Waals surface area contributed by atoms with Crippen LogP contribution >= 0.6 is 0 Å². The van der Waals surface area contributed by atoms with Gasteiger partial charge < -0.3 is 10.6 Å². The first-order chi connectivity index (χ1) is 8.43. The number of nitrogens with two attached hydrogens (primary N) is 1. The Morgan fingerprint density at radius 1 is 1.22 bits per heavy atom. The molecular formula is C14H20N2O2. The van der Waals surface area contributed by atoms with Gasteiger partial charge in [0.2, 0.25) is 11.8 Å². The van der Waals surface area contributed by atoms with Crippen molar-refractivity contribution in [2.24, 2.45) is 11.7 Å². The van der Waals surface area contributed by atoms with Crippen LogP contribution in [0.2, 0.25) is 0 Å². The van der Waals surface area contributed by atoms with Crippen LogP contribution in [0.3, 0.4) is 0 Å². The summed E-state index contributed by atoms with van der Waals surface area (Å²) in [6.45, 7) is 3.61. The molecule has 0 fully saturated rings. The summed E-state index contributed by atoms with van der Waals surface area (Å²) in [6, 6.07) is 8.95. The van der Waals surface area contributed by atoms with Gasteiger partial charge in [-0.05, 0) is 5.56 Å². The van der Waals surface area contributed by atoms with Crippen molar-refractivity contribution in [2.75, 3.05) is 7.05 Å². The van der Waals surface area contributed by atoms with Gasteiger partial charge in [0.05, 0.1) is 0 Å². The van der Waals surface area contributed by atoms with Crippen molar-refractivity contribution in [2.45, 2.75) is 26.3 Å². The Bertz CT molecular complexity index is 415. The van der Waals surface area contributed by atoms with E-state index in [1.54, 1.807) is 20.9 Å². The Morgan fingerprint density at radius 3 is 2.22 bits per heavy atom. The molecule has 2 N–H and O–H groups in total. The monoisotopic (exact) mass is 248 g/mol. The minimum absolute atomic E-state index is 0.0743. The molecule has 0 unspecified atom stereocenters. The highest BCUT2D eigenvalue weighted by Gasteiger charge is 2.26. The fourth-order valence-electron chi connectivity index (χ4n) is 1.83. The Balaban J connectivity index is 2.84. The van der Waals surface area contributed by atoms with Crippen molar-refractivity contribution in [3.05, 3.63) is 35.9 Å². The second-order valence-corrected chi connectivity index (χ2v) is 4.71. The van der Waals surface area contributed by atoms with Crippen LogP contribution in [0.1, 0.15) is 19.4 Å². The quantitative estimate of drug-likeness (QED) is 0.851. The first-order valence-corrected chi connectivity index (χ1v) is 6.03. The lowest BCUT2D eigenvalue weighted by atomic mass is 10.0. The van der Waals surface area contributed by atoms with Gasteiger partial charge >= 0.3 is 0 Å². The molecule has 18 heavy (non-hydrogen) atoms. The number of hydrogen-bond acceptors (Lipinski definition) is 2. The first-order valence-electron chi connectivity index (χ1n) is 6.03. The van der Waals surface area contributed by atoms with E-state index in [1.807, 2.05) is 30.3 Å². The average molecular weight is 248 g/mol. The van der Waals surface area contributed by atoms with Crippen LogP contribution in [0.4, 0.5) is 0 Å². The van der Waals surface area contributed by atoms with Crippen molar-refractivity contribution in [1.29, 1.82) is 0 Å². The lowest BCUT2D eigenvalue weighted by Gasteiger charge is -2.27. The zero-order valence-electron chi connectivity index (χ0n) is 11.1. The number of primary amides is 1. The molecule has 0 saturated carbocycles. The third-order valence-electron chi connectivity index (χ3n) is 2.91. The maximum absolute atomic E-state index is 11.9. The van der Waals surface area contributed by atoms with Crippen LogP contribution in [0.25, 0.3) is 0 Å². The molecule has 4 nitrogen and oxygen atoms in total. The van der Waals surface area contributed by atoms with E-state index in [0.29, 0.717) is 6.42 Å². The number of likely N-dealkylation sites (N-methyl/N-ethyl adjacent to an activating group) is 1. The standard InChI is InChI=1S/C14H20N2O2/c1-10(2)14(18)16(3)12(13(15)17)9-11-7-5-4-6-8-11/h4-8,10,12H,9H2,1-3H3,(H2,15,17)/t12-/m0/s1.